The predicted octanol–water partition coefficient (Wildman–Crippen LogP) is 7.39. The third-order valence-electron chi connectivity index (χ3n) is 10.3. The van der Waals surface area contributed by atoms with E-state index >= 15 is 0 Å². The van der Waals surface area contributed by atoms with Gasteiger partial charge in [-0.1, -0.05) is 65.5 Å². The maximum Gasteiger partial charge on any atom is 0.0577 e. The van der Waals surface area contributed by atoms with Crippen molar-refractivity contribution in [1.29, 1.82) is 0 Å². The zero-order valence-corrected chi connectivity index (χ0v) is 19.3. The number of allylic oxidation sites excluding steroid dienone is 1. The second-order valence-corrected chi connectivity index (χ2v) is 12.2. The topological polar surface area (TPSA) is 20.2 Å². The second-order valence-electron chi connectivity index (χ2n) is 12.2. The molecule has 4 aliphatic carbocycles. The number of hydrogen-bond acceptors (Lipinski definition) is 1. The average molecular weight is 387 g/mol. The summed E-state index contributed by atoms with van der Waals surface area (Å²) in [6, 6.07) is 0. The quantitative estimate of drug-likeness (QED) is 0.488. The molecule has 1 N–H and O–H groups in total. The summed E-state index contributed by atoms with van der Waals surface area (Å²) in [7, 11) is 0. The fourth-order valence-electron chi connectivity index (χ4n) is 8.67. The van der Waals surface area contributed by atoms with Crippen LogP contribution in [0.25, 0.3) is 0 Å². The lowest BCUT2D eigenvalue weighted by atomic mass is 9.47. The van der Waals surface area contributed by atoms with E-state index in [0.29, 0.717) is 10.8 Å². The Morgan fingerprint density at radius 2 is 1.79 bits per heavy atom. The van der Waals surface area contributed by atoms with Crippen LogP contribution in [0.2, 0.25) is 0 Å². The van der Waals surface area contributed by atoms with Gasteiger partial charge in [0.05, 0.1) is 6.10 Å². The van der Waals surface area contributed by atoms with Gasteiger partial charge < -0.3 is 5.11 Å². The molecule has 160 valence electrons. The van der Waals surface area contributed by atoms with Crippen LogP contribution in [-0.2, 0) is 0 Å². The van der Waals surface area contributed by atoms with E-state index < -0.39 is 0 Å². The molecule has 28 heavy (non-hydrogen) atoms. The summed E-state index contributed by atoms with van der Waals surface area (Å²) in [5, 5.41) is 10.2. The van der Waals surface area contributed by atoms with Crippen LogP contribution in [0.1, 0.15) is 105 Å². The summed E-state index contributed by atoms with van der Waals surface area (Å²) in [5.41, 5.74) is 2.60. The van der Waals surface area contributed by atoms with E-state index in [9.17, 15) is 5.11 Å². The van der Waals surface area contributed by atoms with Gasteiger partial charge in [-0.2, -0.15) is 0 Å². The van der Waals surface area contributed by atoms with Crippen LogP contribution in [0.3, 0.4) is 0 Å². The first-order valence-electron chi connectivity index (χ1n) is 12.6. The van der Waals surface area contributed by atoms with E-state index in [0.717, 1.165) is 48.3 Å². The summed E-state index contributed by atoms with van der Waals surface area (Å²) >= 11 is 0. The monoisotopic (exact) mass is 386 g/mol. The van der Waals surface area contributed by atoms with Gasteiger partial charge >= 0.3 is 0 Å². The van der Waals surface area contributed by atoms with Crippen LogP contribution in [0.15, 0.2) is 11.6 Å². The van der Waals surface area contributed by atoms with Crippen molar-refractivity contribution in [2.45, 2.75) is 111 Å². The molecule has 1 heteroatoms. The van der Waals surface area contributed by atoms with Crippen molar-refractivity contribution in [2.75, 3.05) is 0 Å². The lowest BCUT2D eigenvalue weighted by Gasteiger charge is -2.58. The van der Waals surface area contributed by atoms with E-state index in [-0.39, 0.29) is 6.10 Å². The Labute approximate surface area is 174 Å². The lowest BCUT2D eigenvalue weighted by molar-refractivity contribution is -0.0573. The van der Waals surface area contributed by atoms with Gasteiger partial charge in [0.25, 0.3) is 0 Å². The molecule has 0 radical (unpaired) electrons. The number of aliphatic hydroxyl groups is 1. The van der Waals surface area contributed by atoms with Crippen molar-refractivity contribution >= 4 is 0 Å². The van der Waals surface area contributed by atoms with Crippen LogP contribution in [0.4, 0.5) is 0 Å². The van der Waals surface area contributed by atoms with E-state index in [4.69, 9.17) is 0 Å². The molecule has 0 aliphatic heterocycles. The summed E-state index contributed by atoms with van der Waals surface area (Å²) in [6.07, 6.45) is 17.2. The molecule has 0 amide bonds. The highest BCUT2D eigenvalue weighted by Crippen LogP contribution is 2.67. The van der Waals surface area contributed by atoms with Crippen LogP contribution in [-0.4, -0.2) is 11.2 Å². The van der Waals surface area contributed by atoms with E-state index in [2.05, 4.69) is 40.7 Å². The van der Waals surface area contributed by atoms with E-state index in [1.807, 2.05) is 0 Å². The van der Waals surface area contributed by atoms with Crippen LogP contribution >= 0.6 is 0 Å². The minimum absolute atomic E-state index is 0.0766. The molecule has 0 aromatic carbocycles. The molecular formula is C27H46O. The van der Waals surface area contributed by atoms with Crippen molar-refractivity contribution in [2.24, 2.45) is 46.3 Å². The molecule has 0 spiro atoms. The molecule has 3 saturated carbocycles. The van der Waals surface area contributed by atoms with Crippen molar-refractivity contribution in [3.8, 4) is 0 Å². The van der Waals surface area contributed by atoms with Gasteiger partial charge in [0.2, 0.25) is 0 Å². The largest absolute Gasteiger partial charge is 0.393 e. The van der Waals surface area contributed by atoms with E-state index in [1.165, 1.54) is 57.8 Å². The fraction of sp³-hybridized carbons (Fsp3) is 0.926. The molecule has 0 bridgehead atoms. The molecule has 1 nitrogen and oxygen atoms in total. The van der Waals surface area contributed by atoms with Crippen molar-refractivity contribution in [3.63, 3.8) is 0 Å². The summed E-state index contributed by atoms with van der Waals surface area (Å²) in [4.78, 5) is 0. The number of fused-ring (bicyclic) bond motifs is 5. The SMILES string of the molecule is CC(C)CCC[C@H](C)[C@@H]1CC[C@H]2[C@@H]3CC=C4C[C@@H](O)CC[C@]4(C)[C@@H]3CC[C@@]21C. The van der Waals surface area contributed by atoms with Crippen molar-refractivity contribution in [1.82, 2.24) is 0 Å². The Hall–Kier alpha value is -0.300. The molecule has 3 fully saturated rings. The van der Waals surface area contributed by atoms with Gasteiger partial charge in [-0.25, -0.2) is 0 Å². The van der Waals surface area contributed by atoms with Crippen LogP contribution in [0.5, 0.6) is 0 Å². The second kappa shape index (κ2) is 7.75. The molecule has 0 heterocycles. The summed E-state index contributed by atoms with van der Waals surface area (Å²) < 4.78 is 0. The van der Waals surface area contributed by atoms with Gasteiger partial charge in [0, 0.05) is 0 Å². The molecule has 8 atom stereocenters. The minimum Gasteiger partial charge on any atom is -0.393 e. The maximum atomic E-state index is 10.2. The highest BCUT2D eigenvalue weighted by molar-refractivity contribution is 5.25. The normalized spacial score (nSPS) is 46.5. The Bertz CT molecular complexity index is 591. The van der Waals surface area contributed by atoms with Gasteiger partial charge in [0.1, 0.15) is 0 Å². The summed E-state index contributed by atoms with van der Waals surface area (Å²) in [5.74, 6) is 5.46. The van der Waals surface area contributed by atoms with Crippen molar-refractivity contribution < 1.29 is 5.11 Å². The molecule has 0 aromatic heterocycles. The smallest absolute Gasteiger partial charge is 0.0577 e. The minimum atomic E-state index is -0.0766. The maximum absolute atomic E-state index is 10.2. The molecule has 4 aliphatic rings. The number of rotatable bonds is 5. The zero-order chi connectivity index (χ0) is 20.1. The predicted molar refractivity (Wildman–Crippen MR) is 119 cm³/mol. The van der Waals surface area contributed by atoms with Gasteiger partial charge in [-0.15, -0.1) is 0 Å². The first-order chi connectivity index (χ1) is 13.3. The van der Waals surface area contributed by atoms with Gasteiger partial charge in [0.15, 0.2) is 0 Å². The highest BCUT2D eigenvalue weighted by atomic mass is 16.3. The zero-order valence-electron chi connectivity index (χ0n) is 19.3. The molecule has 0 saturated heterocycles. The third kappa shape index (κ3) is 3.42. The molecule has 0 aromatic rings. The molecule has 0 unspecified atom stereocenters. The Morgan fingerprint density at radius 1 is 1.00 bits per heavy atom. The number of hydrogen-bond donors (Lipinski definition) is 1. The third-order valence-corrected chi connectivity index (χ3v) is 10.3. The molecular weight excluding hydrogens is 340 g/mol. The first-order valence-corrected chi connectivity index (χ1v) is 12.6. The van der Waals surface area contributed by atoms with Gasteiger partial charge in [-0.05, 0) is 97.7 Å². The Kier molecular flexibility index (Phi) is 5.80. The van der Waals surface area contributed by atoms with E-state index in [1.54, 1.807) is 5.57 Å². The Balaban J connectivity index is 1.49. The van der Waals surface area contributed by atoms with Crippen LogP contribution < -0.4 is 0 Å². The standard InChI is InChI=1S/C27H46O/c1-18(2)7-6-8-19(3)23-11-12-24-22-10-9-20-17-21(28)13-15-26(20,4)25(22)14-16-27(23,24)5/h9,18-19,21-25,28H,6-8,10-17H2,1-5H3/t19-,21-,22-,23-,24-,25+,26-,27+/m0/s1. The Morgan fingerprint density at radius 3 is 2.54 bits per heavy atom. The number of aliphatic hydroxyl groups excluding tert-OH is 1. The van der Waals surface area contributed by atoms with Gasteiger partial charge in [-0.3, -0.25) is 0 Å². The summed E-state index contributed by atoms with van der Waals surface area (Å²) in [6.45, 7) is 12.6. The highest BCUT2D eigenvalue weighted by Gasteiger charge is 2.59. The average Bonchev–Trinajstić information content (AvgIpc) is 2.99. The van der Waals surface area contributed by atoms with Crippen molar-refractivity contribution in [3.05, 3.63) is 11.6 Å². The molecule has 4 rings (SSSR count). The lowest BCUT2D eigenvalue weighted by Crippen LogP contribution is -2.50. The van der Waals surface area contributed by atoms with Crippen LogP contribution in [0, 0.1) is 46.3 Å². The fourth-order valence-corrected chi connectivity index (χ4v) is 8.67. The first kappa shape index (κ1) is 21.0.